The Balaban J connectivity index is 2.45. The number of likely N-dealkylation sites (N-methyl/N-ethyl adjacent to an activating group) is 1. The Morgan fingerprint density at radius 1 is 1.14 bits per heavy atom. The maximum atomic E-state index is 2.61. The molecule has 1 fully saturated rings. The van der Waals surface area contributed by atoms with Crippen LogP contribution >= 0.6 is 0 Å². The van der Waals surface area contributed by atoms with Crippen LogP contribution < -0.4 is 0 Å². The predicted molar refractivity (Wildman–Crippen MR) is 62.4 cm³/mol. The molecule has 1 heterocycles. The van der Waals surface area contributed by atoms with Gasteiger partial charge in [-0.15, -0.1) is 0 Å². The van der Waals surface area contributed by atoms with E-state index in [0.29, 0.717) is 5.54 Å². The van der Waals surface area contributed by atoms with Gasteiger partial charge in [-0.3, -0.25) is 4.90 Å². The van der Waals surface area contributed by atoms with Crippen LogP contribution in [0.3, 0.4) is 0 Å². The molecule has 0 bridgehead atoms. The minimum Gasteiger partial charge on any atom is -0.324 e. The van der Waals surface area contributed by atoms with Gasteiger partial charge in [0.15, 0.2) is 0 Å². The van der Waals surface area contributed by atoms with Crippen LogP contribution in [0.1, 0.15) is 34.1 Å². The molecule has 2 heteroatoms. The van der Waals surface area contributed by atoms with Gasteiger partial charge in [0.05, 0.1) is 26.7 Å². The zero-order valence-corrected chi connectivity index (χ0v) is 10.6. The van der Waals surface area contributed by atoms with Crippen LogP contribution in [0, 0.1) is 0 Å². The molecule has 0 aromatic heterocycles. The quantitative estimate of drug-likeness (QED) is 0.615. The van der Waals surface area contributed by atoms with Crippen molar-refractivity contribution < 1.29 is 4.48 Å². The monoisotopic (exact) mass is 199 g/mol. The summed E-state index contributed by atoms with van der Waals surface area (Å²) in [6.45, 7) is 15.8. The van der Waals surface area contributed by atoms with Crippen molar-refractivity contribution in [2.75, 3.05) is 39.8 Å². The highest BCUT2D eigenvalue weighted by molar-refractivity contribution is 4.78. The van der Waals surface area contributed by atoms with Crippen molar-refractivity contribution in [3.8, 4) is 0 Å². The minimum absolute atomic E-state index is 0.359. The molecule has 0 spiro atoms. The molecule has 0 atom stereocenters. The minimum atomic E-state index is 0.359. The van der Waals surface area contributed by atoms with E-state index >= 15 is 0 Å². The number of nitrogens with zero attached hydrogens (tertiary/aromatic N) is 2. The highest BCUT2D eigenvalue weighted by Crippen LogP contribution is 2.19. The summed E-state index contributed by atoms with van der Waals surface area (Å²) in [6.07, 6.45) is 1.31. The maximum absolute atomic E-state index is 2.61. The van der Waals surface area contributed by atoms with Gasteiger partial charge in [-0.25, -0.2) is 0 Å². The van der Waals surface area contributed by atoms with Crippen molar-refractivity contribution >= 4 is 0 Å². The van der Waals surface area contributed by atoms with Crippen LogP contribution in [-0.4, -0.2) is 54.7 Å². The number of rotatable bonds is 2. The van der Waals surface area contributed by atoms with E-state index in [1.54, 1.807) is 0 Å². The van der Waals surface area contributed by atoms with Gasteiger partial charge < -0.3 is 4.48 Å². The van der Waals surface area contributed by atoms with E-state index in [1.165, 1.54) is 43.6 Å². The van der Waals surface area contributed by atoms with E-state index in [1.807, 2.05) is 0 Å². The standard InChI is InChI=1S/C12H27N2/c1-6-9-14(5)10-7-13(8-11-14)12(2,3)4/h6-11H2,1-5H3/q+1. The fourth-order valence-electron chi connectivity index (χ4n) is 2.38. The van der Waals surface area contributed by atoms with Gasteiger partial charge in [0.2, 0.25) is 0 Å². The zero-order valence-electron chi connectivity index (χ0n) is 10.6. The van der Waals surface area contributed by atoms with Crippen molar-refractivity contribution in [3.05, 3.63) is 0 Å². The van der Waals surface area contributed by atoms with Crippen molar-refractivity contribution in [1.29, 1.82) is 0 Å². The van der Waals surface area contributed by atoms with Crippen molar-refractivity contribution in [2.45, 2.75) is 39.7 Å². The van der Waals surface area contributed by atoms with Gasteiger partial charge in [0.1, 0.15) is 0 Å². The second kappa shape index (κ2) is 4.19. The third-order valence-corrected chi connectivity index (χ3v) is 3.53. The Labute approximate surface area is 89.5 Å². The van der Waals surface area contributed by atoms with Crippen molar-refractivity contribution in [2.24, 2.45) is 0 Å². The molecule has 84 valence electrons. The predicted octanol–water partition coefficient (Wildman–Crippen LogP) is 1.96. The van der Waals surface area contributed by atoms with Crippen LogP contribution in [0.15, 0.2) is 0 Å². The van der Waals surface area contributed by atoms with Crippen LogP contribution in [0.25, 0.3) is 0 Å². The summed E-state index contributed by atoms with van der Waals surface area (Å²) in [6, 6.07) is 0. The summed E-state index contributed by atoms with van der Waals surface area (Å²) in [4.78, 5) is 2.61. The topological polar surface area (TPSA) is 3.24 Å². The van der Waals surface area contributed by atoms with Crippen LogP contribution in [-0.2, 0) is 0 Å². The molecule has 14 heavy (non-hydrogen) atoms. The second-order valence-corrected chi connectivity index (χ2v) is 5.95. The molecule has 0 saturated carbocycles. The van der Waals surface area contributed by atoms with Crippen molar-refractivity contribution in [3.63, 3.8) is 0 Å². The van der Waals surface area contributed by atoms with Gasteiger partial charge in [0, 0.05) is 18.6 Å². The summed E-state index contributed by atoms with van der Waals surface area (Å²) in [5, 5.41) is 0. The third kappa shape index (κ3) is 2.96. The first-order chi connectivity index (χ1) is 6.37. The Bertz CT molecular complexity index is 173. The average molecular weight is 199 g/mol. The van der Waals surface area contributed by atoms with E-state index < -0.39 is 0 Å². The molecular weight excluding hydrogens is 172 g/mol. The first-order valence-corrected chi connectivity index (χ1v) is 5.96. The summed E-state index contributed by atoms with van der Waals surface area (Å²) >= 11 is 0. The zero-order chi connectivity index (χ0) is 10.8. The van der Waals surface area contributed by atoms with Gasteiger partial charge in [-0.2, -0.15) is 0 Å². The molecule has 1 rings (SSSR count). The highest BCUT2D eigenvalue weighted by atomic mass is 15.4. The molecule has 0 aromatic carbocycles. The van der Waals surface area contributed by atoms with Gasteiger partial charge in [-0.1, -0.05) is 6.92 Å². The maximum Gasteiger partial charge on any atom is 0.0914 e. The Morgan fingerprint density at radius 3 is 2.00 bits per heavy atom. The summed E-state index contributed by atoms with van der Waals surface area (Å²) in [5.74, 6) is 0. The normalized spacial score (nSPS) is 23.8. The molecule has 1 saturated heterocycles. The van der Waals surface area contributed by atoms with E-state index in [0.717, 1.165) is 0 Å². The lowest BCUT2D eigenvalue weighted by atomic mass is 10.0. The van der Waals surface area contributed by atoms with Gasteiger partial charge >= 0.3 is 0 Å². The van der Waals surface area contributed by atoms with Gasteiger partial charge in [-0.05, 0) is 27.2 Å². The number of hydrogen-bond donors (Lipinski definition) is 0. The summed E-state index contributed by atoms with van der Waals surface area (Å²) in [7, 11) is 2.41. The smallest absolute Gasteiger partial charge is 0.0914 e. The van der Waals surface area contributed by atoms with Crippen LogP contribution in [0.2, 0.25) is 0 Å². The molecule has 0 aromatic rings. The number of piperazine rings is 1. The largest absolute Gasteiger partial charge is 0.324 e. The molecular formula is C12H27N2+. The molecule has 1 aliphatic rings. The molecule has 1 aliphatic heterocycles. The molecule has 0 aliphatic carbocycles. The first kappa shape index (κ1) is 12.0. The van der Waals surface area contributed by atoms with E-state index in [4.69, 9.17) is 0 Å². The SMILES string of the molecule is CCC[N+]1(C)CCN(C(C)(C)C)CC1. The van der Waals surface area contributed by atoms with Gasteiger partial charge in [0.25, 0.3) is 0 Å². The first-order valence-electron chi connectivity index (χ1n) is 5.96. The molecule has 0 amide bonds. The Hall–Kier alpha value is -0.0800. The van der Waals surface area contributed by atoms with Crippen molar-refractivity contribution in [1.82, 2.24) is 4.90 Å². The number of quaternary nitrogens is 1. The molecule has 0 radical (unpaired) electrons. The lowest BCUT2D eigenvalue weighted by molar-refractivity contribution is -0.914. The third-order valence-electron chi connectivity index (χ3n) is 3.53. The Morgan fingerprint density at radius 2 is 1.64 bits per heavy atom. The summed E-state index contributed by atoms with van der Waals surface area (Å²) < 4.78 is 1.28. The molecule has 0 N–H and O–H groups in total. The average Bonchev–Trinajstić information content (AvgIpc) is 2.03. The van der Waals surface area contributed by atoms with E-state index in [-0.39, 0.29) is 0 Å². The summed E-state index contributed by atoms with van der Waals surface area (Å²) in [5.41, 5.74) is 0.359. The lowest BCUT2D eigenvalue weighted by Crippen LogP contribution is -2.60. The fourth-order valence-corrected chi connectivity index (χ4v) is 2.38. The second-order valence-electron chi connectivity index (χ2n) is 5.95. The Kier molecular flexibility index (Phi) is 3.59. The van der Waals surface area contributed by atoms with Crippen LogP contribution in [0.5, 0.6) is 0 Å². The van der Waals surface area contributed by atoms with E-state index in [9.17, 15) is 0 Å². The fraction of sp³-hybridized carbons (Fsp3) is 1.00. The molecule has 0 unspecified atom stereocenters. The number of hydrogen-bond acceptors (Lipinski definition) is 1. The lowest BCUT2D eigenvalue weighted by Gasteiger charge is -2.46. The van der Waals surface area contributed by atoms with E-state index in [2.05, 4.69) is 39.6 Å². The van der Waals surface area contributed by atoms with Crippen LogP contribution in [0.4, 0.5) is 0 Å². The molecule has 2 nitrogen and oxygen atoms in total. The highest BCUT2D eigenvalue weighted by Gasteiger charge is 2.32.